The van der Waals surface area contributed by atoms with E-state index in [0.29, 0.717) is 18.1 Å². The van der Waals surface area contributed by atoms with Crippen LogP contribution in [0.5, 0.6) is 0 Å². The van der Waals surface area contributed by atoms with Crippen molar-refractivity contribution in [3.8, 4) is 5.69 Å². The number of para-hydroxylation sites is 1. The lowest BCUT2D eigenvalue weighted by Crippen LogP contribution is -2.41. The molecule has 1 aliphatic rings. The Hall–Kier alpha value is -2.24. The van der Waals surface area contributed by atoms with Gasteiger partial charge >= 0.3 is 0 Å². The third-order valence-corrected chi connectivity index (χ3v) is 8.81. The van der Waals surface area contributed by atoms with Gasteiger partial charge in [0.05, 0.1) is 29.5 Å². The molecule has 0 saturated carbocycles. The summed E-state index contributed by atoms with van der Waals surface area (Å²) in [5, 5.41) is 14.5. The van der Waals surface area contributed by atoms with Crippen LogP contribution in [0.2, 0.25) is 0 Å². The highest BCUT2D eigenvalue weighted by atomic mass is 32.2. The van der Waals surface area contributed by atoms with Crippen LogP contribution in [0.25, 0.3) is 5.69 Å². The van der Waals surface area contributed by atoms with E-state index in [1.165, 1.54) is 11.8 Å². The van der Waals surface area contributed by atoms with Gasteiger partial charge in [0.1, 0.15) is 0 Å². The van der Waals surface area contributed by atoms with Crippen molar-refractivity contribution in [2.24, 2.45) is 0 Å². The first kappa shape index (κ1) is 22.0. The second-order valence-electron chi connectivity index (χ2n) is 7.56. The summed E-state index contributed by atoms with van der Waals surface area (Å²) in [5.41, 5.74) is 2.98. The van der Waals surface area contributed by atoms with Crippen LogP contribution in [-0.4, -0.2) is 62.7 Å². The zero-order chi connectivity index (χ0) is 22.0. The predicted molar refractivity (Wildman–Crippen MR) is 121 cm³/mol. The van der Waals surface area contributed by atoms with Crippen molar-refractivity contribution < 1.29 is 13.2 Å². The summed E-state index contributed by atoms with van der Waals surface area (Å²) in [4.78, 5) is 15.9. The lowest BCUT2D eigenvalue weighted by atomic mass is 10.1. The van der Waals surface area contributed by atoms with Crippen LogP contribution in [0.15, 0.2) is 40.9 Å². The third-order valence-electron chi connectivity index (χ3n) is 5.29. The minimum atomic E-state index is -3.10. The number of carbonyl (C=O) groups is 1. The van der Waals surface area contributed by atoms with E-state index in [0.717, 1.165) is 21.7 Å². The molecule has 4 rings (SSSR count). The molecule has 2 aromatic heterocycles. The number of thioether (sulfide) groups is 1. The molecule has 1 aromatic carbocycles. The van der Waals surface area contributed by atoms with Crippen LogP contribution >= 0.6 is 23.1 Å². The summed E-state index contributed by atoms with van der Waals surface area (Å²) in [6.45, 7) is 4.40. The van der Waals surface area contributed by atoms with E-state index in [9.17, 15) is 13.2 Å². The molecule has 8 nitrogen and oxygen atoms in total. The van der Waals surface area contributed by atoms with Crippen LogP contribution in [0.3, 0.4) is 0 Å². The van der Waals surface area contributed by atoms with Crippen molar-refractivity contribution in [1.29, 1.82) is 0 Å². The molecule has 0 aliphatic carbocycles. The van der Waals surface area contributed by atoms with E-state index in [4.69, 9.17) is 0 Å². The molecule has 0 unspecified atom stereocenters. The van der Waals surface area contributed by atoms with E-state index in [1.54, 1.807) is 20.9 Å². The van der Waals surface area contributed by atoms with Gasteiger partial charge < -0.3 is 4.90 Å². The maximum atomic E-state index is 13.2. The normalized spacial score (nSPS) is 17.7. The van der Waals surface area contributed by atoms with Crippen LogP contribution in [0.1, 0.15) is 22.4 Å². The fourth-order valence-electron chi connectivity index (χ4n) is 3.77. The molecule has 31 heavy (non-hydrogen) atoms. The Balaban J connectivity index is 1.52. The number of aryl methyl sites for hydroxylation is 2. The van der Waals surface area contributed by atoms with Gasteiger partial charge in [-0.05, 0) is 53.3 Å². The topological polar surface area (TPSA) is 98.1 Å². The van der Waals surface area contributed by atoms with Crippen molar-refractivity contribution in [3.05, 3.63) is 51.7 Å². The van der Waals surface area contributed by atoms with Crippen molar-refractivity contribution in [3.63, 3.8) is 0 Å². The molecule has 1 fully saturated rings. The summed E-state index contributed by atoms with van der Waals surface area (Å²) in [6, 6.07) is 9.56. The van der Waals surface area contributed by atoms with E-state index >= 15 is 0 Å². The number of sulfone groups is 1. The van der Waals surface area contributed by atoms with E-state index in [-0.39, 0.29) is 29.2 Å². The predicted octanol–water partition coefficient (Wildman–Crippen LogP) is 2.65. The molecule has 1 atom stereocenters. The monoisotopic (exact) mass is 477 g/mol. The van der Waals surface area contributed by atoms with Crippen LogP contribution < -0.4 is 0 Å². The SMILES string of the molecule is Cc1cccc(C)c1-n1nnnc1SCC(=O)N(Cc1cccs1)[C@H]1CCS(=O)(=O)C1. The van der Waals surface area contributed by atoms with E-state index < -0.39 is 9.84 Å². The van der Waals surface area contributed by atoms with Gasteiger partial charge in [0.15, 0.2) is 9.84 Å². The molecule has 1 saturated heterocycles. The summed E-state index contributed by atoms with van der Waals surface area (Å²) in [6.07, 6.45) is 0.476. The van der Waals surface area contributed by atoms with Crippen molar-refractivity contribution >= 4 is 38.8 Å². The van der Waals surface area contributed by atoms with Crippen molar-refractivity contribution in [2.45, 2.75) is 38.0 Å². The third kappa shape index (κ3) is 4.99. The van der Waals surface area contributed by atoms with Crippen LogP contribution in [0.4, 0.5) is 0 Å². The Morgan fingerprint density at radius 2 is 2.03 bits per heavy atom. The maximum absolute atomic E-state index is 13.2. The zero-order valence-electron chi connectivity index (χ0n) is 17.3. The first-order valence-corrected chi connectivity index (χ1v) is 13.5. The fraction of sp³-hybridized carbons (Fsp3) is 0.400. The van der Waals surface area contributed by atoms with Gasteiger partial charge in [-0.15, -0.1) is 16.4 Å². The number of amides is 1. The molecule has 3 aromatic rings. The van der Waals surface area contributed by atoms with Gasteiger partial charge in [-0.2, -0.15) is 4.68 Å². The summed E-state index contributed by atoms with van der Waals surface area (Å²) < 4.78 is 25.7. The van der Waals surface area contributed by atoms with Crippen LogP contribution in [-0.2, 0) is 21.2 Å². The van der Waals surface area contributed by atoms with Crippen LogP contribution in [0, 0.1) is 13.8 Å². The lowest BCUT2D eigenvalue weighted by Gasteiger charge is -2.27. The summed E-state index contributed by atoms with van der Waals surface area (Å²) in [7, 11) is -3.10. The molecule has 3 heterocycles. The van der Waals surface area contributed by atoms with E-state index in [2.05, 4.69) is 15.5 Å². The molecule has 0 bridgehead atoms. The molecule has 11 heteroatoms. The number of aromatic nitrogens is 4. The zero-order valence-corrected chi connectivity index (χ0v) is 19.7. The molecule has 1 amide bonds. The fourth-order valence-corrected chi connectivity index (χ4v) is 6.97. The standard InChI is InChI=1S/C20H23N5O3S3/c1-14-5-3-6-15(2)19(14)25-20(21-22-23-25)30-12-18(26)24(11-17-7-4-9-29-17)16-8-10-31(27,28)13-16/h3-7,9,16H,8,10-13H2,1-2H3/t16-/m0/s1. The maximum Gasteiger partial charge on any atom is 0.233 e. The number of rotatable bonds is 7. The van der Waals surface area contributed by atoms with Gasteiger partial charge in [0.25, 0.3) is 0 Å². The largest absolute Gasteiger partial charge is 0.333 e. The number of benzene rings is 1. The first-order chi connectivity index (χ1) is 14.8. The van der Waals surface area contributed by atoms with Gasteiger partial charge in [-0.3, -0.25) is 4.79 Å². The Bertz CT molecular complexity index is 1150. The molecular weight excluding hydrogens is 454 g/mol. The number of tetrazole rings is 1. The molecule has 1 aliphatic heterocycles. The Morgan fingerprint density at radius 3 is 2.68 bits per heavy atom. The number of hydrogen-bond donors (Lipinski definition) is 0. The Morgan fingerprint density at radius 1 is 1.26 bits per heavy atom. The van der Waals surface area contributed by atoms with Gasteiger partial charge in [0, 0.05) is 10.9 Å². The highest BCUT2D eigenvalue weighted by Gasteiger charge is 2.35. The number of nitrogens with zero attached hydrogens (tertiary/aromatic N) is 5. The highest BCUT2D eigenvalue weighted by molar-refractivity contribution is 7.99. The second-order valence-corrected chi connectivity index (χ2v) is 11.8. The molecular formula is C20H23N5O3S3. The average Bonchev–Trinajstić information content (AvgIpc) is 3.46. The number of hydrogen-bond acceptors (Lipinski definition) is 8. The van der Waals surface area contributed by atoms with Gasteiger partial charge in [-0.1, -0.05) is 36.0 Å². The minimum absolute atomic E-state index is 0.0227. The second kappa shape index (κ2) is 9.09. The van der Waals surface area contributed by atoms with E-state index in [1.807, 2.05) is 49.6 Å². The smallest absolute Gasteiger partial charge is 0.233 e. The molecule has 0 spiro atoms. The summed E-state index contributed by atoms with van der Waals surface area (Å²) in [5.74, 6) is 0.169. The minimum Gasteiger partial charge on any atom is -0.333 e. The number of carbonyl (C=O) groups excluding carboxylic acids is 1. The lowest BCUT2D eigenvalue weighted by molar-refractivity contribution is -0.130. The highest BCUT2D eigenvalue weighted by Crippen LogP contribution is 2.26. The number of thiophene rings is 1. The molecule has 164 valence electrons. The first-order valence-electron chi connectivity index (χ1n) is 9.84. The molecule has 0 radical (unpaired) electrons. The van der Waals surface area contributed by atoms with Gasteiger partial charge in [-0.25, -0.2) is 8.42 Å². The average molecular weight is 478 g/mol. The summed E-state index contributed by atoms with van der Waals surface area (Å²) >= 11 is 2.82. The van der Waals surface area contributed by atoms with Crippen molar-refractivity contribution in [1.82, 2.24) is 25.1 Å². The van der Waals surface area contributed by atoms with Crippen molar-refractivity contribution in [2.75, 3.05) is 17.3 Å². The van der Waals surface area contributed by atoms with Gasteiger partial charge in [0.2, 0.25) is 11.1 Å². The quantitative estimate of drug-likeness (QED) is 0.483. The Labute approximate surface area is 189 Å². The molecule has 0 N–H and O–H groups in total. The Kier molecular flexibility index (Phi) is 6.44.